The highest BCUT2D eigenvalue weighted by Gasteiger charge is 2.22. The number of benzene rings is 2. The van der Waals surface area contributed by atoms with E-state index in [2.05, 4.69) is 9.82 Å². The molecule has 0 amide bonds. The van der Waals surface area contributed by atoms with Crippen molar-refractivity contribution >= 4 is 15.7 Å². The number of rotatable bonds is 6. The summed E-state index contributed by atoms with van der Waals surface area (Å²) in [5, 5.41) is 15.3. The van der Waals surface area contributed by atoms with Gasteiger partial charge in [0.15, 0.2) is 0 Å². The fraction of sp³-hybridized carbons (Fsp3) is 0.167. The van der Waals surface area contributed by atoms with E-state index in [-0.39, 0.29) is 17.1 Å². The summed E-state index contributed by atoms with van der Waals surface area (Å²) in [6, 6.07) is 11.9. The first-order chi connectivity index (χ1) is 12.8. The highest BCUT2D eigenvalue weighted by atomic mass is 32.2. The van der Waals surface area contributed by atoms with Gasteiger partial charge < -0.3 is 0 Å². The Morgan fingerprint density at radius 3 is 2.56 bits per heavy atom. The minimum Gasteiger partial charge on any atom is -0.258 e. The van der Waals surface area contributed by atoms with Gasteiger partial charge in [0.2, 0.25) is 10.0 Å². The van der Waals surface area contributed by atoms with Crippen LogP contribution in [0.15, 0.2) is 59.8 Å². The van der Waals surface area contributed by atoms with Crippen molar-refractivity contribution in [2.24, 2.45) is 0 Å². The van der Waals surface area contributed by atoms with Gasteiger partial charge in [-0.15, -0.1) is 0 Å². The van der Waals surface area contributed by atoms with E-state index < -0.39 is 14.9 Å². The third kappa shape index (κ3) is 4.04. The summed E-state index contributed by atoms with van der Waals surface area (Å²) in [5.74, 6) is 0. The first-order valence-corrected chi connectivity index (χ1v) is 9.60. The third-order valence-electron chi connectivity index (χ3n) is 4.23. The summed E-state index contributed by atoms with van der Waals surface area (Å²) in [6.07, 6.45) is 3.30. The number of para-hydroxylation sites is 1. The van der Waals surface area contributed by atoms with Crippen molar-refractivity contribution in [3.63, 3.8) is 0 Å². The molecular weight excluding hydrogens is 368 g/mol. The Kier molecular flexibility index (Phi) is 5.06. The molecule has 0 atom stereocenters. The molecule has 3 rings (SSSR count). The van der Waals surface area contributed by atoms with E-state index in [1.807, 2.05) is 30.3 Å². The van der Waals surface area contributed by atoms with Gasteiger partial charge in [0.25, 0.3) is 5.69 Å². The second kappa shape index (κ2) is 7.29. The normalized spacial score (nSPS) is 11.5. The number of nitro groups is 1. The number of hydrogen-bond acceptors (Lipinski definition) is 5. The summed E-state index contributed by atoms with van der Waals surface area (Å²) in [6.45, 7) is 3.29. The molecule has 0 spiro atoms. The van der Waals surface area contributed by atoms with Gasteiger partial charge in [-0.05, 0) is 37.1 Å². The van der Waals surface area contributed by atoms with Gasteiger partial charge in [0.05, 0.1) is 21.7 Å². The zero-order valence-electron chi connectivity index (χ0n) is 14.8. The highest BCUT2D eigenvalue weighted by molar-refractivity contribution is 7.89. The van der Waals surface area contributed by atoms with Crippen LogP contribution in [0.5, 0.6) is 0 Å². The van der Waals surface area contributed by atoms with Crippen molar-refractivity contribution in [1.29, 1.82) is 0 Å². The smallest absolute Gasteiger partial charge is 0.258 e. The monoisotopic (exact) mass is 386 g/mol. The molecule has 0 fully saturated rings. The van der Waals surface area contributed by atoms with Gasteiger partial charge >= 0.3 is 0 Å². The van der Waals surface area contributed by atoms with Gasteiger partial charge in [-0.25, -0.2) is 17.8 Å². The van der Waals surface area contributed by atoms with Crippen LogP contribution in [0.25, 0.3) is 5.69 Å². The molecular formula is C18H18N4O4S. The average molecular weight is 386 g/mol. The zero-order valence-corrected chi connectivity index (χ0v) is 15.6. The van der Waals surface area contributed by atoms with Gasteiger partial charge in [-0.1, -0.05) is 18.2 Å². The lowest BCUT2D eigenvalue weighted by atomic mass is 10.1. The Morgan fingerprint density at radius 1 is 1.19 bits per heavy atom. The van der Waals surface area contributed by atoms with E-state index in [1.165, 1.54) is 6.07 Å². The van der Waals surface area contributed by atoms with E-state index in [1.54, 1.807) is 30.9 Å². The largest absolute Gasteiger partial charge is 0.271 e. The lowest BCUT2D eigenvalue weighted by molar-refractivity contribution is -0.385. The Morgan fingerprint density at radius 2 is 1.89 bits per heavy atom. The lowest BCUT2D eigenvalue weighted by Gasteiger charge is -2.10. The molecule has 1 N–H and O–H groups in total. The maximum atomic E-state index is 12.7. The zero-order chi connectivity index (χ0) is 19.6. The van der Waals surface area contributed by atoms with Crippen molar-refractivity contribution in [2.75, 3.05) is 0 Å². The number of nitrogens with one attached hydrogen (secondary N) is 1. The first-order valence-electron chi connectivity index (χ1n) is 8.12. The number of sulfonamides is 1. The summed E-state index contributed by atoms with van der Waals surface area (Å²) in [5.41, 5.74) is 2.30. The minimum absolute atomic E-state index is 0.0242. The molecule has 3 aromatic rings. The van der Waals surface area contributed by atoms with Crippen LogP contribution in [0.2, 0.25) is 0 Å². The van der Waals surface area contributed by atoms with Crippen LogP contribution in [0.3, 0.4) is 0 Å². The summed E-state index contributed by atoms with van der Waals surface area (Å²) < 4.78 is 29.5. The summed E-state index contributed by atoms with van der Waals surface area (Å²) in [4.78, 5) is 10.3. The third-order valence-corrected chi connectivity index (χ3v) is 5.76. The van der Waals surface area contributed by atoms with E-state index >= 15 is 0 Å². The molecule has 0 unspecified atom stereocenters. The van der Waals surface area contributed by atoms with Crippen LogP contribution in [-0.4, -0.2) is 23.1 Å². The molecule has 0 bridgehead atoms. The molecule has 8 nitrogen and oxygen atoms in total. The van der Waals surface area contributed by atoms with Gasteiger partial charge in [-0.3, -0.25) is 10.1 Å². The maximum Gasteiger partial charge on any atom is 0.271 e. The Labute approximate surface area is 156 Å². The number of hydrogen-bond donors (Lipinski definition) is 1. The number of nitrogens with zero attached hydrogens (tertiary/aromatic N) is 3. The first kappa shape index (κ1) is 18.7. The fourth-order valence-corrected chi connectivity index (χ4v) is 3.97. The van der Waals surface area contributed by atoms with Crippen molar-refractivity contribution in [2.45, 2.75) is 25.3 Å². The van der Waals surface area contributed by atoms with Crippen molar-refractivity contribution in [3.8, 4) is 5.69 Å². The van der Waals surface area contributed by atoms with Crippen LogP contribution < -0.4 is 4.72 Å². The number of nitro benzene ring substituents is 1. The van der Waals surface area contributed by atoms with Crippen LogP contribution >= 0.6 is 0 Å². The number of aromatic nitrogens is 2. The molecule has 9 heteroatoms. The Hall–Kier alpha value is -3.04. The lowest BCUT2D eigenvalue weighted by Crippen LogP contribution is -2.24. The van der Waals surface area contributed by atoms with Gasteiger partial charge in [-0.2, -0.15) is 5.10 Å². The molecule has 27 heavy (non-hydrogen) atoms. The molecule has 0 saturated heterocycles. The number of aryl methyl sites for hydroxylation is 1. The van der Waals surface area contributed by atoms with Crippen molar-refractivity contribution in [1.82, 2.24) is 14.5 Å². The molecule has 1 heterocycles. The number of non-ortho nitro benzene ring substituents is 1. The van der Waals surface area contributed by atoms with E-state index in [9.17, 15) is 18.5 Å². The summed E-state index contributed by atoms with van der Waals surface area (Å²) >= 11 is 0. The van der Waals surface area contributed by atoms with Gasteiger partial charge in [0, 0.05) is 30.4 Å². The SMILES string of the molecule is Cc1cc([N+](=O)[O-])cc(S(=O)(=O)NCc2cnn(-c3ccccc3)c2)c1C. The topological polar surface area (TPSA) is 107 Å². The predicted octanol–water partition coefficient (Wildman–Crippen LogP) is 2.88. The molecule has 0 saturated carbocycles. The standard InChI is InChI=1S/C18H18N4O4S/c1-13-8-17(22(23)24)9-18(14(13)2)27(25,26)20-11-15-10-19-21(12-15)16-6-4-3-5-7-16/h3-10,12,20H,11H2,1-2H3. The minimum atomic E-state index is -3.91. The van der Waals surface area contributed by atoms with Crippen LogP contribution in [0.4, 0.5) is 5.69 Å². The second-order valence-electron chi connectivity index (χ2n) is 6.10. The average Bonchev–Trinajstić information content (AvgIpc) is 3.12. The van der Waals surface area contributed by atoms with Crippen molar-refractivity contribution in [3.05, 3.63) is 81.7 Å². The molecule has 0 radical (unpaired) electrons. The van der Waals surface area contributed by atoms with Gasteiger partial charge in [0.1, 0.15) is 0 Å². The molecule has 2 aromatic carbocycles. The molecule has 0 aliphatic carbocycles. The molecule has 0 aliphatic rings. The molecule has 0 aliphatic heterocycles. The van der Waals surface area contributed by atoms with E-state index in [0.717, 1.165) is 11.8 Å². The Balaban J connectivity index is 1.82. The molecule has 140 valence electrons. The van der Waals surface area contributed by atoms with E-state index in [4.69, 9.17) is 0 Å². The second-order valence-corrected chi connectivity index (χ2v) is 7.83. The van der Waals surface area contributed by atoms with Crippen molar-refractivity contribution < 1.29 is 13.3 Å². The Bertz CT molecular complexity index is 1090. The molecule has 1 aromatic heterocycles. The summed E-state index contributed by atoms with van der Waals surface area (Å²) in [7, 11) is -3.91. The highest BCUT2D eigenvalue weighted by Crippen LogP contribution is 2.25. The van der Waals surface area contributed by atoms with Crippen LogP contribution in [0, 0.1) is 24.0 Å². The van der Waals surface area contributed by atoms with Crippen LogP contribution in [-0.2, 0) is 16.6 Å². The fourth-order valence-electron chi connectivity index (χ4n) is 2.62. The predicted molar refractivity (Wildman–Crippen MR) is 100 cm³/mol. The van der Waals surface area contributed by atoms with E-state index in [0.29, 0.717) is 16.7 Å². The van der Waals surface area contributed by atoms with Crippen LogP contribution in [0.1, 0.15) is 16.7 Å². The quantitative estimate of drug-likeness (QED) is 0.518. The maximum absolute atomic E-state index is 12.7.